The Morgan fingerprint density at radius 2 is 2.24 bits per heavy atom. The summed E-state index contributed by atoms with van der Waals surface area (Å²) in [7, 11) is 0. The molecule has 5 heteroatoms. The molecule has 0 spiro atoms. The fourth-order valence-corrected chi connectivity index (χ4v) is 1.84. The summed E-state index contributed by atoms with van der Waals surface area (Å²) in [5.74, 6) is 1.32. The quantitative estimate of drug-likeness (QED) is 0.821. The van der Waals surface area contributed by atoms with Gasteiger partial charge >= 0.3 is 0 Å². The third-order valence-corrected chi connectivity index (χ3v) is 3.05. The van der Waals surface area contributed by atoms with Gasteiger partial charge in [0.15, 0.2) is 0 Å². The van der Waals surface area contributed by atoms with E-state index in [4.69, 9.17) is 4.42 Å². The van der Waals surface area contributed by atoms with Crippen LogP contribution in [-0.4, -0.2) is 17.4 Å². The maximum atomic E-state index is 12.0. The topological polar surface area (TPSA) is 67.2 Å². The monoisotopic (exact) mass is 287 g/mol. The number of rotatable bonds is 7. The Balaban J connectivity index is 1.89. The second-order valence-electron chi connectivity index (χ2n) is 5.33. The molecule has 0 radical (unpaired) electrons. The van der Waals surface area contributed by atoms with Crippen LogP contribution >= 0.6 is 0 Å². The number of carbonyl (C=O) groups is 1. The van der Waals surface area contributed by atoms with Crippen molar-refractivity contribution in [1.82, 2.24) is 10.3 Å². The van der Waals surface area contributed by atoms with Gasteiger partial charge in [-0.1, -0.05) is 13.8 Å². The van der Waals surface area contributed by atoms with Crippen LogP contribution in [0.15, 0.2) is 41.3 Å². The lowest BCUT2D eigenvalue weighted by molar-refractivity contribution is 0.0951. The highest BCUT2D eigenvalue weighted by Crippen LogP contribution is 2.11. The zero-order chi connectivity index (χ0) is 15.1. The lowest BCUT2D eigenvalue weighted by Crippen LogP contribution is -2.25. The first-order valence-corrected chi connectivity index (χ1v) is 7.14. The SMILES string of the molecule is CC(C)CCNC(=O)c1cncc(NCc2ccco2)c1. The van der Waals surface area contributed by atoms with Crippen molar-refractivity contribution in [1.29, 1.82) is 0 Å². The summed E-state index contributed by atoms with van der Waals surface area (Å²) in [5, 5.41) is 6.08. The minimum atomic E-state index is -0.0928. The van der Waals surface area contributed by atoms with E-state index in [1.54, 1.807) is 24.7 Å². The molecule has 2 N–H and O–H groups in total. The molecular weight excluding hydrogens is 266 g/mol. The van der Waals surface area contributed by atoms with E-state index >= 15 is 0 Å². The van der Waals surface area contributed by atoms with E-state index in [2.05, 4.69) is 29.5 Å². The molecule has 2 heterocycles. The second kappa shape index (κ2) is 7.47. The Labute approximate surface area is 124 Å². The largest absolute Gasteiger partial charge is 0.467 e. The molecule has 112 valence electrons. The van der Waals surface area contributed by atoms with E-state index in [1.807, 2.05) is 12.1 Å². The molecule has 0 saturated heterocycles. The maximum absolute atomic E-state index is 12.0. The Morgan fingerprint density at radius 3 is 2.95 bits per heavy atom. The smallest absolute Gasteiger partial charge is 0.252 e. The summed E-state index contributed by atoms with van der Waals surface area (Å²) in [4.78, 5) is 16.1. The summed E-state index contributed by atoms with van der Waals surface area (Å²) in [5.41, 5.74) is 1.35. The molecule has 0 bridgehead atoms. The molecule has 1 amide bonds. The van der Waals surface area contributed by atoms with Crippen molar-refractivity contribution >= 4 is 11.6 Å². The van der Waals surface area contributed by atoms with Gasteiger partial charge in [0.25, 0.3) is 5.91 Å². The minimum Gasteiger partial charge on any atom is -0.467 e. The van der Waals surface area contributed by atoms with Crippen molar-refractivity contribution in [2.45, 2.75) is 26.8 Å². The number of hydrogen-bond acceptors (Lipinski definition) is 4. The van der Waals surface area contributed by atoms with Gasteiger partial charge in [0.2, 0.25) is 0 Å². The maximum Gasteiger partial charge on any atom is 0.252 e. The molecule has 21 heavy (non-hydrogen) atoms. The molecule has 2 rings (SSSR count). The van der Waals surface area contributed by atoms with Gasteiger partial charge in [-0.3, -0.25) is 9.78 Å². The van der Waals surface area contributed by atoms with Crippen molar-refractivity contribution in [2.24, 2.45) is 5.92 Å². The van der Waals surface area contributed by atoms with Crippen LogP contribution in [0.2, 0.25) is 0 Å². The van der Waals surface area contributed by atoms with Crippen LogP contribution < -0.4 is 10.6 Å². The van der Waals surface area contributed by atoms with Crippen LogP contribution in [0.25, 0.3) is 0 Å². The highest BCUT2D eigenvalue weighted by molar-refractivity contribution is 5.94. The van der Waals surface area contributed by atoms with E-state index in [9.17, 15) is 4.79 Å². The summed E-state index contributed by atoms with van der Waals surface area (Å²) in [6.45, 7) is 5.51. The van der Waals surface area contributed by atoms with Crippen molar-refractivity contribution in [2.75, 3.05) is 11.9 Å². The highest BCUT2D eigenvalue weighted by atomic mass is 16.3. The van der Waals surface area contributed by atoms with Crippen molar-refractivity contribution < 1.29 is 9.21 Å². The number of pyridine rings is 1. The summed E-state index contributed by atoms with van der Waals surface area (Å²) in [6.07, 6.45) is 5.86. The van der Waals surface area contributed by atoms with Crippen molar-refractivity contribution in [3.8, 4) is 0 Å². The van der Waals surface area contributed by atoms with Crippen LogP contribution in [-0.2, 0) is 6.54 Å². The average Bonchev–Trinajstić information content (AvgIpc) is 2.98. The summed E-state index contributed by atoms with van der Waals surface area (Å²) >= 11 is 0. The second-order valence-corrected chi connectivity index (χ2v) is 5.33. The number of anilines is 1. The van der Waals surface area contributed by atoms with Crippen LogP contribution in [0.5, 0.6) is 0 Å². The normalized spacial score (nSPS) is 10.6. The molecule has 5 nitrogen and oxygen atoms in total. The van der Waals surface area contributed by atoms with Crippen molar-refractivity contribution in [3.05, 3.63) is 48.2 Å². The Kier molecular flexibility index (Phi) is 5.37. The van der Waals surface area contributed by atoms with Gasteiger partial charge in [0.05, 0.1) is 24.1 Å². The fraction of sp³-hybridized carbons (Fsp3) is 0.375. The number of aromatic nitrogens is 1. The molecule has 0 aliphatic carbocycles. The van der Waals surface area contributed by atoms with Gasteiger partial charge in [0, 0.05) is 18.9 Å². The van der Waals surface area contributed by atoms with E-state index in [1.165, 1.54) is 0 Å². The highest BCUT2D eigenvalue weighted by Gasteiger charge is 2.07. The van der Waals surface area contributed by atoms with Gasteiger partial charge < -0.3 is 15.1 Å². The van der Waals surface area contributed by atoms with Crippen LogP contribution in [0, 0.1) is 5.92 Å². The van der Waals surface area contributed by atoms with Gasteiger partial charge in [-0.25, -0.2) is 0 Å². The number of nitrogens with one attached hydrogen (secondary N) is 2. The van der Waals surface area contributed by atoms with E-state index in [0.717, 1.165) is 17.9 Å². The molecular formula is C16H21N3O2. The summed E-state index contributed by atoms with van der Waals surface area (Å²) in [6, 6.07) is 5.53. The standard InChI is InChI=1S/C16H21N3O2/c1-12(2)5-6-18-16(20)13-8-14(10-17-9-13)19-11-15-4-3-7-21-15/h3-4,7-10,12,19H,5-6,11H2,1-2H3,(H,18,20). The molecule has 0 aliphatic heterocycles. The lowest BCUT2D eigenvalue weighted by atomic mass is 10.1. The van der Waals surface area contributed by atoms with Gasteiger partial charge in [-0.15, -0.1) is 0 Å². The zero-order valence-corrected chi connectivity index (χ0v) is 12.4. The molecule has 2 aromatic heterocycles. The molecule has 0 unspecified atom stereocenters. The number of amides is 1. The van der Waals surface area contributed by atoms with E-state index in [0.29, 0.717) is 24.6 Å². The third kappa shape index (κ3) is 4.95. The van der Waals surface area contributed by atoms with Crippen LogP contribution in [0.4, 0.5) is 5.69 Å². The first kappa shape index (κ1) is 15.1. The lowest BCUT2D eigenvalue weighted by Gasteiger charge is -2.09. The molecule has 2 aromatic rings. The number of hydrogen-bond donors (Lipinski definition) is 2. The van der Waals surface area contributed by atoms with E-state index < -0.39 is 0 Å². The van der Waals surface area contributed by atoms with Gasteiger partial charge in [-0.05, 0) is 30.5 Å². The zero-order valence-electron chi connectivity index (χ0n) is 12.4. The first-order chi connectivity index (χ1) is 10.1. The van der Waals surface area contributed by atoms with Gasteiger partial charge in [-0.2, -0.15) is 0 Å². The Hall–Kier alpha value is -2.30. The van der Waals surface area contributed by atoms with Gasteiger partial charge in [0.1, 0.15) is 5.76 Å². The Morgan fingerprint density at radius 1 is 1.38 bits per heavy atom. The number of nitrogens with zero attached hydrogens (tertiary/aromatic N) is 1. The van der Waals surface area contributed by atoms with Crippen LogP contribution in [0.1, 0.15) is 36.4 Å². The average molecular weight is 287 g/mol. The minimum absolute atomic E-state index is 0.0928. The third-order valence-electron chi connectivity index (χ3n) is 3.05. The number of carbonyl (C=O) groups excluding carboxylic acids is 1. The van der Waals surface area contributed by atoms with Crippen LogP contribution in [0.3, 0.4) is 0 Å². The molecule has 0 fully saturated rings. The summed E-state index contributed by atoms with van der Waals surface area (Å²) < 4.78 is 5.25. The van der Waals surface area contributed by atoms with Crippen molar-refractivity contribution in [3.63, 3.8) is 0 Å². The first-order valence-electron chi connectivity index (χ1n) is 7.14. The number of furan rings is 1. The predicted molar refractivity (Wildman–Crippen MR) is 82.1 cm³/mol. The molecule has 0 saturated carbocycles. The molecule has 0 aliphatic rings. The van der Waals surface area contributed by atoms with E-state index in [-0.39, 0.29) is 5.91 Å². The fourth-order valence-electron chi connectivity index (χ4n) is 1.84. The molecule has 0 atom stereocenters. The predicted octanol–water partition coefficient (Wildman–Crippen LogP) is 3.06. The molecule has 0 aromatic carbocycles. The Bertz CT molecular complexity index is 565.